The number of rotatable bonds is 2. The van der Waals surface area contributed by atoms with E-state index in [1.54, 1.807) is 6.26 Å². The Morgan fingerprint density at radius 3 is 2.71 bits per heavy atom. The Morgan fingerprint density at radius 2 is 2.00 bits per heavy atom. The van der Waals surface area contributed by atoms with E-state index in [0.29, 0.717) is 23.4 Å². The summed E-state index contributed by atoms with van der Waals surface area (Å²) in [5.41, 5.74) is 0.906. The summed E-state index contributed by atoms with van der Waals surface area (Å²) in [4.78, 5) is 30.1. The second-order valence-electron chi connectivity index (χ2n) is 8.72. The van der Waals surface area contributed by atoms with Gasteiger partial charge in [-0.15, -0.1) is 11.3 Å². The molecule has 0 amide bonds. The van der Waals surface area contributed by atoms with Crippen LogP contribution in [-0.4, -0.2) is 28.9 Å². The highest BCUT2D eigenvalue weighted by Crippen LogP contribution is 2.41. The van der Waals surface area contributed by atoms with Gasteiger partial charge in [-0.1, -0.05) is 19.1 Å². The summed E-state index contributed by atoms with van der Waals surface area (Å²) in [5.74, 6) is -0.382. The van der Waals surface area contributed by atoms with Crippen molar-refractivity contribution in [2.45, 2.75) is 52.7 Å². The van der Waals surface area contributed by atoms with Gasteiger partial charge >= 0.3 is 5.97 Å². The SMILES string of the molecule is CC1C(OC(=O)C(C)(C)C)CCC2C(=O)C(c3nc4ccccc4s3)=COC21. The molecule has 0 spiro atoms. The number of nitrogens with zero attached hydrogens (tertiary/aromatic N) is 1. The number of hydrogen-bond acceptors (Lipinski definition) is 6. The summed E-state index contributed by atoms with van der Waals surface area (Å²) in [5, 5.41) is 0.707. The van der Waals surface area contributed by atoms with E-state index in [2.05, 4.69) is 4.98 Å². The van der Waals surface area contributed by atoms with Gasteiger partial charge in [-0.2, -0.15) is 0 Å². The quantitative estimate of drug-likeness (QED) is 0.690. The number of hydrogen-bond donors (Lipinski definition) is 0. The lowest BCUT2D eigenvalue weighted by molar-refractivity contribution is -0.169. The fraction of sp³-hybridized carbons (Fsp3) is 0.500. The van der Waals surface area contributed by atoms with E-state index in [0.717, 1.165) is 10.2 Å². The summed E-state index contributed by atoms with van der Waals surface area (Å²) < 4.78 is 12.8. The first-order chi connectivity index (χ1) is 13.3. The standard InChI is InChI=1S/C22H25NO4S/c1-12-16(27-21(25)22(2,3)4)10-9-13-18(24)14(11-26-19(12)13)20-23-15-7-5-6-8-17(15)28-20/h5-8,11-13,16,19H,9-10H2,1-4H3. The van der Waals surface area contributed by atoms with Gasteiger partial charge < -0.3 is 9.47 Å². The molecule has 0 bridgehead atoms. The zero-order valence-corrected chi connectivity index (χ0v) is 17.4. The predicted molar refractivity (Wildman–Crippen MR) is 109 cm³/mol. The van der Waals surface area contributed by atoms with Gasteiger partial charge in [0.25, 0.3) is 0 Å². The van der Waals surface area contributed by atoms with E-state index in [1.807, 2.05) is 52.0 Å². The topological polar surface area (TPSA) is 65.5 Å². The van der Waals surface area contributed by atoms with Crippen LogP contribution in [0.4, 0.5) is 0 Å². The second kappa shape index (κ2) is 6.99. The molecule has 0 radical (unpaired) electrons. The maximum Gasteiger partial charge on any atom is 0.311 e. The van der Waals surface area contributed by atoms with E-state index in [9.17, 15) is 9.59 Å². The van der Waals surface area contributed by atoms with E-state index in [-0.39, 0.29) is 35.8 Å². The third-order valence-corrected chi connectivity index (χ3v) is 6.67. The van der Waals surface area contributed by atoms with Crippen LogP contribution in [0.1, 0.15) is 45.5 Å². The average molecular weight is 400 g/mol. The van der Waals surface area contributed by atoms with Gasteiger partial charge in [0.1, 0.15) is 17.2 Å². The lowest BCUT2D eigenvalue weighted by atomic mass is 9.73. The Balaban J connectivity index is 1.55. The van der Waals surface area contributed by atoms with E-state index < -0.39 is 5.41 Å². The van der Waals surface area contributed by atoms with Crippen LogP contribution in [0.15, 0.2) is 30.5 Å². The Bertz CT molecular complexity index is 922. The molecule has 6 heteroatoms. The molecule has 1 aliphatic carbocycles. The largest absolute Gasteiger partial charge is 0.496 e. The van der Waals surface area contributed by atoms with Crippen molar-refractivity contribution in [3.05, 3.63) is 35.5 Å². The molecule has 148 valence electrons. The molecule has 2 heterocycles. The first-order valence-corrected chi connectivity index (χ1v) is 10.5. The van der Waals surface area contributed by atoms with Crippen molar-refractivity contribution < 1.29 is 19.1 Å². The molecule has 1 fully saturated rings. The van der Waals surface area contributed by atoms with Crippen molar-refractivity contribution in [2.75, 3.05) is 0 Å². The predicted octanol–water partition coefficient (Wildman–Crippen LogP) is 4.61. The van der Waals surface area contributed by atoms with Crippen LogP contribution in [0, 0.1) is 17.3 Å². The van der Waals surface area contributed by atoms with Crippen LogP contribution in [0.2, 0.25) is 0 Å². The van der Waals surface area contributed by atoms with Gasteiger partial charge in [0.2, 0.25) is 0 Å². The van der Waals surface area contributed by atoms with E-state index >= 15 is 0 Å². The molecule has 28 heavy (non-hydrogen) atoms. The van der Waals surface area contributed by atoms with Crippen LogP contribution < -0.4 is 0 Å². The average Bonchev–Trinajstić information content (AvgIpc) is 3.07. The van der Waals surface area contributed by atoms with E-state index in [4.69, 9.17) is 9.47 Å². The molecule has 1 aromatic carbocycles. The minimum atomic E-state index is -0.542. The third kappa shape index (κ3) is 3.34. The normalized spacial score (nSPS) is 27.7. The number of para-hydroxylation sites is 1. The zero-order valence-electron chi connectivity index (χ0n) is 16.6. The van der Waals surface area contributed by atoms with Crippen molar-refractivity contribution in [3.63, 3.8) is 0 Å². The van der Waals surface area contributed by atoms with Gasteiger partial charge in [-0.05, 0) is 45.7 Å². The molecule has 1 aromatic heterocycles. The third-order valence-electron chi connectivity index (χ3n) is 5.60. The lowest BCUT2D eigenvalue weighted by Crippen LogP contribution is -2.48. The fourth-order valence-corrected chi connectivity index (χ4v) is 4.85. The molecule has 2 aliphatic rings. The maximum absolute atomic E-state index is 13.2. The van der Waals surface area contributed by atoms with Gasteiger partial charge in [-0.3, -0.25) is 9.59 Å². The zero-order chi connectivity index (χ0) is 20.1. The van der Waals surface area contributed by atoms with Crippen molar-refractivity contribution in [1.29, 1.82) is 0 Å². The number of aromatic nitrogens is 1. The summed E-state index contributed by atoms with van der Waals surface area (Å²) in [6.07, 6.45) is 2.39. The fourth-order valence-electron chi connectivity index (χ4n) is 3.88. The number of ether oxygens (including phenoxy) is 2. The smallest absolute Gasteiger partial charge is 0.311 e. The van der Waals surface area contributed by atoms with Crippen LogP contribution in [0.3, 0.4) is 0 Å². The van der Waals surface area contributed by atoms with Crippen LogP contribution in [-0.2, 0) is 19.1 Å². The van der Waals surface area contributed by atoms with Crippen molar-refractivity contribution in [3.8, 4) is 0 Å². The minimum Gasteiger partial charge on any atom is -0.496 e. The van der Waals surface area contributed by atoms with Crippen molar-refractivity contribution >= 4 is 38.9 Å². The van der Waals surface area contributed by atoms with Crippen molar-refractivity contribution in [1.82, 2.24) is 4.98 Å². The highest BCUT2D eigenvalue weighted by molar-refractivity contribution is 7.19. The second-order valence-corrected chi connectivity index (χ2v) is 9.75. The van der Waals surface area contributed by atoms with E-state index in [1.165, 1.54) is 11.3 Å². The molecule has 5 nitrogen and oxygen atoms in total. The Kier molecular flexibility index (Phi) is 4.78. The molecule has 4 rings (SSSR count). The number of ketones is 1. The molecule has 0 N–H and O–H groups in total. The molecule has 4 atom stereocenters. The lowest BCUT2D eigenvalue weighted by Gasteiger charge is -2.42. The van der Waals surface area contributed by atoms with Gasteiger partial charge in [0.15, 0.2) is 5.78 Å². The Morgan fingerprint density at radius 1 is 1.25 bits per heavy atom. The Hall–Kier alpha value is -2.21. The molecule has 1 aliphatic heterocycles. The number of carbonyl (C=O) groups excluding carboxylic acids is 2. The number of carbonyl (C=O) groups is 2. The number of benzene rings is 1. The first-order valence-electron chi connectivity index (χ1n) is 9.72. The number of esters is 1. The highest BCUT2D eigenvalue weighted by Gasteiger charge is 2.47. The number of Topliss-reactive ketones (excluding diaryl/α,β-unsaturated/α-hetero) is 1. The molecular weight excluding hydrogens is 374 g/mol. The van der Waals surface area contributed by atoms with Crippen molar-refractivity contribution in [2.24, 2.45) is 17.3 Å². The molecule has 1 saturated carbocycles. The van der Waals surface area contributed by atoms with Crippen LogP contribution >= 0.6 is 11.3 Å². The highest BCUT2D eigenvalue weighted by atomic mass is 32.1. The molecule has 0 saturated heterocycles. The Labute approximate surface area is 168 Å². The van der Waals surface area contributed by atoms with Crippen LogP contribution in [0.5, 0.6) is 0 Å². The summed E-state index contributed by atoms with van der Waals surface area (Å²) in [6, 6.07) is 7.86. The molecular formula is C22H25NO4S. The number of fused-ring (bicyclic) bond motifs is 2. The maximum atomic E-state index is 13.2. The monoisotopic (exact) mass is 399 g/mol. The summed E-state index contributed by atoms with van der Waals surface area (Å²) in [7, 11) is 0. The van der Waals surface area contributed by atoms with Gasteiger partial charge in [-0.25, -0.2) is 4.98 Å². The number of allylic oxidation sites excluding steroid dienone is 1. The number of thiazole rings is 1. The molecule has 2 aromatic rings. The van der Waals surface area contributed by atoms with Gasteiger partial charge in [0, 0.05) is 5.92 Å². The van der Waals surface area contributed by atoms with Crippen LogP contribution in [0.25, 0.3) is 15.8 Å². The van der Waals surface area contributed by atoms with Gasteiger partial charge in [0.05, 0.1) is 33.4 Å². The molecule has 4 unspecified atom stereocenters. The summed E-state index contributed by atoms with van der Waals surface area (Å²) >= 11 is 1.51. The first kappa shape index (κ1) is 19.1. The summed E-state index contributed by atoms with van der Waals surface area (Å²) in [6.45, 7) is 7.54. The minimum absolute atomic E-state index is 0.0397.